The standard InChI is InChI=1S/C12H12ClN5/c13-9-2-3-11(16-6-9)18-7-10(8-18)17-12-14-4-1-5-15-12/h1-6,10H,7-8H2,(H,14,15,17). The number of hydrogen-bond donors (Lipinski definition) is 1. The van der Waals surface area contributed by atoms with Crippen molar-refractivity contribution in [3.8, 4) is 0 Å². The minimum absolute atomic E-state index is 0.366. The fraction of sp³-hybridized carbons (Fsp3) is 0.250. The lowest BCUT2D eigenvalue weighted by molar-refractivity contribution is 0.541. The van der Waals surface area contributed by atoms with E-state index in [1.165, 1.54) is 0 Å². The van der Waals surface area contributed by atoms with Crippen molar-refractivity contribution in [3.63, 3.8) is 0 Å². The Hall–Kier alpha value is -1.88. The molecule has 2 aromatic heterocycles. The molecule has 92 valence electrons. The largest absolute Gasteiger partial charge is 0.352 e. The first-order chi connectivity index (χ1) is 8.81. The molecule has 2 aromatic rings. The van der Waals surface area contributed by atoms with Crippen LogP contribution >= 0.6 is 11.6 Å². The fourth-order valence-electron chi connectivity index (χ4n) is 1.87. The predicted octanol–water partition coefficient (Wildman–Crippen LogP) is 1.83. The molecular formula is C12H12ClN5. The van der Waals surface area contributed by atoms with Crippen LogP contribution in [0, 0.1) is 0 Å². The molecule has 0 radical (unpaired) electrons. The summed E-state index contributed by atoms with van der Waals surface area (Å²) in [5, 5.41) is 3.93. The van der Waals surface area contributed by atoms with E-state index in [9.17, 15) is 0 Å². The van der Waals surface area contributed by atoms with Crippen LogP contribution in [-0.2, 0) is 0 Å². The highest BCUT2D eigenvalue weighted by molar-refractivity contribution is 6.30. The number of anilines is 2. The molecule has 1 aliphatic heterocycles. The van der Waals surface area contributed by atoms with Crippen LogP contribution in [0.25, 0.3) is 0 Å². The molecule has 5 nitrogen and oxygen atoms in total. The summed E-state index contributed by atoms with van der Waals surface area (Å²) in [4.78, 5) is 14.7. The second-order valence-corrected chi connectivity index (χ2v) is 4.59. The maximum Gasteiger partial charge on any atom is 0.222 e. The van der Waals surface area contributed by atoms with Crippen LogP contribution in [0.2, 0.25) is 5.02 Å². The van der Waals surface area contributed by atoms with Gasteiger partial charge < -0.3 is 10.2 Å². The average molecular weight is 262 g/mol. The molecule has 0 amide bonds. The molecule has 0 bridgehead atoms. The quantitative estimate of drug-likeness (QED) is 0.914. The topological polar surface area (TPSA) is 53.9 Å². The molecule has 6 heteroatoms. The van der Waals surface area contributed by atoms with Crippen molar-refractivity contribution in [3.05, 3.63) is 41.8 Å². The van der Waals surface area contributed by atoms with Gasteiger partial charge in [-0.1, -0.05) is 11.6 Å². The first kappa shape index (κ1) is 11.2. The van der Waals surface area contributed by atoms with Gasteiger partial charge in [-0.25, -0.2) is 15.0 Å². The van der Waals surface area contributed by atoms with E-state index < -0.39 is 0 Å². The Bertz CT molecular complexity index is 510. The highest BCUT2D eigenvalue weighted by atomic mass is 35.5. The number of hydrogen-bond acceptors (Lipinski definition) is 5. The number of nitrogens with zero attached hydrogens (tertiary/aromatic N) is 4. The van der Waals surface area contributed by atoms with Crippen molar-refractivity contribution in [2.24, 2.45) is 0 Å². The third-order valence-corrected chi connectivity index (χ3v) is 3.04. The second-order valence-electron chi connectivity index (χ2n) is 4.15. The monoisotopic (exact) mass is 261 g/mol. The molecule has 0 aromatic carbocycles. The lowest BCUT2D eigenvalue weighted by Crippen LogP contribution is -2.55. The Labute approximate surface area is 110 Å². The number of pyridine rings is 1. The average Bonchev–Trinajstić information content (AvgIpc) is 2.36. The minimum Gasteiger partial charge on any atom is -0.352 e. The predicted molar refractivity (Wildman–Crippen MR) is 70.9 cm³/mol. The molecule has 1 fully saturated rings. The van der Waals surface area contributed by atoms with E-state index in [-0.39, 0.29) is 0 Å². The smallest absolute Gasteiger partial charge is 0.222 e. The van der Waals surface area contributed by atoms with E-state index >= 15 is 0 Å². The van der Waals surface area contributed by atoms with Gasteiger partial charge in [-0.15, -0.1) is 0 Å². The van der Waals surface area contributed by atoms with Crippen LogP contribution in [0.5, 0.6) is 0 Å². The molecule has 1 saturated heterocycles. The van der Waals surface area contributed by atoms with Crippen molar-refractivity contribution >= 4 is 23.4 Å². The molecule has 1 aliphatic rings. The Kier molecular flexibility index (Phi) is 2.98. The Morgan fingerprint density at radius 2 is 1.94 bits per heavy atom. The number of halogens is 1. The van der Waals surface area contributed by atoms with Gasteiger partial charge in [-0.2, -0.15) is 0 Å². The molecule has 0 unspecified atom stereocenters. The van der Waals surface area contributed by atoms with Gasteiger partial charge >= 0.3 is 0 Å². The van der Waals surface area contributed by atoms with Crippen molar-refractivity contribution in [1.82, 2.24) is 15.0 Å². The van der Waals surface area contributed by atoms with E-state index in [0.29, 0.717) is 17.0 Å². The zero-order valence-electron chi connectivity index (χ0n) is 9.62. The summed E-state index contributed by atoms with van der Waals surface area (Å²) < 4.78 is 0. The van der Waals surface area contributed by atoms with E-state index in [4.69, 9.17) is 11.6 Å². The van der Waals surface area contributed by atoms with Gasteiger partial charge in [0.1, 0.15) is 5.82 Å². The van der Waals surface area contributed by atoms with Gasteiger partial charge in [0, 0.05) is 31.7 Å². The van der Waals surface area contributed by atoms with Gasteiger partial charge in [0.25, 0.3) is 0 Å². The van der Waals surface area contributed by atoms with Crippen LogP contribution in [-0.4, -0.2) is 34.1 Å². The van der Waals surface area contributed by atoms with Crippen molar-refractivity contribution in [1.29, 1.82) is 0 Å². The van der Waals surface area contributed by atoms with Crippen molar-refractivity contribution in [2.75, 3.05) is 23.3 Å². The minimum atomic E-state index is 0.366. The molecule has 0 spiro atoms. The molecule has 0 saturated carbocycles. The number of rotatable bonds is 3. The second kappa shape index (κ2) is 4.78. The van der Waals surface area contributed by atoms with Gasteiger partial charge in [0.2, 0.25) is 5.95 Å². The first-order valence-electron chi connectivity index (χ1n) is 5.71. The van der Waals surface area contributed by atoms with Crippen LogP contribution in [0.15, 0.2) is 36.8 Å². The van der Waals surface area contributed by atoms with Crippen LogP contribution < -0.4 is 10.2 Å². The third kappa shape index (κ3) is 2.36. The van der Waals surface area contributed by atoms with E-state index in [2.05, 4.69) is 25.2 Å². The summed E-state index contributed by atoms with van der Waals surface area (Å²) in [6.45, 7) is 1.79. The summed E-state index contributed by atoms with van der Waals surface area (Å²) in [7, 11) is 0. The SMILES string of the molecule is Clc1ccc(N2CC(Nc3ncccn3)C2)nc1. The van der Waals surface area contributed by atoms with E-state index in [1.54, 1.807) is 24.7 Å². The maximum absolute atomic E-state index is 5.80. The van der Waals surface area contributed by atoms with Gasteiger partial charge in [-0.3, -0.25) is 0 Å². The molecular weight excluding hydrogens is 250 g/mol. The molecule has 0 atom stereocenters. The summed E-state index contributed by atoms with van der Waals surface area (Å²) in [5.74, 6) is 1.62. The number of aromatic nitrogens is 3. The molecule has 18 heavy (non-hydrogen) atoms. The Balaban J connectivity index is 1.56. The lowest BCUT2D eigenvalue weighted by atomic mass is 10.1. The molecule has 3 rings (SSSR count). The highest BCUT2D eigenvalue weighted by Crippen LogP contribution is 2.21. The summed E-state index contributed by atoms with van der Waals surface area (Å²) >= 11 is 5.80. The Morgan fingerprint density at radius 1 is 1.17 bits per heavy atom. The zero-order valence-corrected chi connectivity index (χ0v) is 10.4. The van der Waals surface area contributed by atoms with Gasteiger partial charge in [0.15, 0.2) is 0 Å². The summed E-state index contributed by atoms with van der Waals surface area (Å²) in [5.41, 5.74) is 0. The first-order valence-corrected chi connectivity index (χ1v) is 6.09. The van der Waals surface area contributed by atoms with Crippen LogP contribution in [0.4, 0.5) is 11.8 Å². The van der Waals surface area contributed by atoms with E-state index in [1.807, 2.05) is 12.1 Å². The van der Waals surface area contributed by atoms with E-state index in [0.717, 1.165) is 18.9 Å². The molecule has 3 heterocycles. The van der Waals surface area contributed by atoms with Crippen LogP contribution in [0.3, 0.4) is 0 Å². The van der Waals surface area contributed by atoms with Gasteiger partial charge in [-0.05, 0) is 18.2 Å². The summed E-state index contributed by atoms with van der Waals surface area (Å²) in [6, 6.07) is 5.95. The third-order valence-electron chi connectivity index (χ3n) is 2.82. The summed E-state index contributed by atoms with van der Waals surface area (Å²) in [6.07, 6.45) is 5.12. The van der Waals surface area contributed by atoms with Gasteiger partial charge in [0.05, 0.1) is 11.1 Å². The normalized spacial score (nSPS) is 15.3. The van der Waals surface area contributed by atoms with Crippen molar-refractivity contribution < 1.29 is 0 Å². The zero-order chi connectivity index (χ0) is 12.4. The Morgan fingerprint density at radius 3 is 2.61 bits per heavy atom. The van der Waals surface area contributed by atoms with Crippen molar-refractivity contribution in [2.45, 2.75) is 6.04 Å². The lowest BCUT2D eigenvalue weighted by Gasteiger charge is -2.40. The maximum atomic E-state index is 5.80. The van der Waals surface area contributed by atoms with Crippen LogP contribution in [0.1, 0.15) is 0 Å². The molecule has 0 aliphatic carbocycles. The molecule has 1 N–H and O–H groups in total. The highest BCUT2D eigenvalue weighted by Gasteiger charge is 2.27. The fourth-order valence-corrected chi connectivity index (χ4v) is 1.98. The number of nitrogens with one attached hydrogen (secondary N) is 1.